The van der Waals surface area contributed by atoms with Crippen molar-refractivity contribution in [1.29, 1.82) is 0 Å². The second-order valence-electron chi connectivity index (χ2n) is 4.48. The summed E-state index contributed by atoms with van der Waals surface area (Å²) in [6, 6.07) is 5.07. The number of carbonyl (C=O) groups excluding carboxylic acids is 1. The van der Waals surface area contributed by atoms with Gasteiger partial charge in [0.1, 0.15) is 0 Å². The highest BCUT2D eigenvalue weighted by atomic mass is 35.5. The summed E-state index contributed by atoms with van der Waals surface area (Å²) in [5.41, 5.74) is 0.648. The van der Waals surface area contributed by atoms with Crippen molar-refractivity contribution >= 4 is 45.9 Å². The predicted octanol–water partition coefficient (Wildman–Crippen LogP) is 3.29. The van der Waals surface area contributed by atoms with E-state index in [-0.39, 0.29) is 12.1 Å². The maximum Gasteiger partial charge on any atom is 0.321 e. The molecule has 0 fully saturated rings. The number of hydrogen-bond acceptors (Lipinski definition) is 3. The molecule has 2 amide bonds. The number of halogens is 1. The van der Waals surface area contributed by atoms with Gasteiger partial charge in [0.05, 0.1) is 5.02 Å². The Bertz CT molecular complexity index is 511. The van der Waals surface area contributed by atoms with E-state index in [4.69, 9.17) is 11.6 Å². The molecule has 1 aromatic carbocycles. The van der Waals surface area contributed by atoms with Crippen molar-refractivity contribution in [2.45, 2.75) is 17.9 Å². The minimum Gasteiger partial charge on any atom is -0.324 e. The molecule has 0 aliphatic carbocycles. The standard InChI is InChI=1S/C13H19ClN2O2S2/c1-9(8-20(4)18)16(2)13(17)15-10-5-6-12(19-3)11(14)7-10/h5-7,9H,8H2,1-4H3,(H,15,17)/t9-,20-/m0/s1. The van der Waals surface area contributed by atoms with Crippen molar-refractivity contribution in [2.75, 3.05) is 30.6 Å². The molecule has 0 heterocycles. The first-order valence-electron chi connectivity index (χ1n) is 6.02. The molecule has 0 spiro atoms. The molecule has 0 radical (unpaired) electrons. The molecule has 20 heavy (non-hydrogen) atoms. The van der Waals surface area contributed by atoms with Crippen LogP contribution in [0.5, 0.6) is 0 Å². The fourth-order valence-corrected chi connectivity index (χ4v) is 3.38. The quantitative estimate of drug-likeness (QED) is 0.840. The lowest BCUT2D eigenvalue weighted by molar-refractivity contribution is 0.212. The van der Waals surface area contributed by atoms with Gasteiger partial charge in [-0.25, -0.2) is 4.79 Å². The average molecular weight is 335 g/mol. The van der Waals surface area contributed by atoms with E-state index in [9.17, 15) is 9.00 Å². The molecular weight excluding hydrogens is 316 g/mol. The average Bonchev–Trinajstić information content (AvgIpc) is 2.37. The van der Waals surface area contributed by atoms with Gasteiger partial charge in [-0.05, 0) is 31.4 Å². The van der Waals surface area contributed by atoms with Gasteiger partial charge in [0.2, 0.25) is 0 Å². The van der Waals surface area contributed by atoms with Gasteiger partial charge in [-0.3, -0.25) is 4.21 Å². The van der Waals surface area contributed by atoms with E-state index in [0.29, 0.717) is 16.5 Å². The summed E-state index contributed by atoms with van der Waals surface area (Å²) in [4.78, 5) is 14.6. The van der Waals surface area contributed by atoms with Gasteiger partial charge >= 0.3 is 6.03 Å². The summed E-state index contributed by atoms with van der Waals surface area (Å²) in [5.74, 6) is 0.454. The maximum absolute atomic E-state index is 12.1. The third kappa shape index (κ3) is 5.00. The Kier molecular flexibility index (Phi) is 6.85. The van der Waals surface area contributed by atoms with Crippen molar-refractivity contribution in [2.24, 2.45) is 0 Å². The summed E-state index contributed by atoms with van der Waals surface area (Å²) >= 11 is 7.65. The highest BCUT2D eigenvalue weighted by Crippen LogP contribution is 2.28. The highest BCUT2D eigenvalue weighted by molar-refractivity contribution is 7.98. The molecular formula is C13H19ClN2O2S2. The number of carbonyl (C=O) groups is 1. The Labute approximate surface area is 131 Å². The third-order valence-corrected chi connectivity index (χ3v) is 5.03. The number of thioether (sulfide) groups is 1. The zero-order valence-corrected chi connectivity index (χ0v) is 14.4. The van der Waals surface area contributed by atoms with Crippen LogP contribution in [0.15, 0.2) is 23.1 Å². The van der Waals surface area contributed by atoms with Crippen LogP contribution in [0.4, 0.5) is 10.5 Å². The van der Waals surface area contributed by atoms with Gasteiger partial charge in [-0.1, -0.05) is 11.6 Å². The van der Waals surface area contributed by atoms with Crippen molar-refractivity contribution in [1.82, 2.24) is 4.90 Å². The second kappa shape index (κ2) is 7.90. The van der Waals surface area contributed by atoms with E-state index in [1.54, 1.807) is 31.1 Å². The van der Waals surface area contributed by atoms with Gasteiger partial charge in [0.15, 0.2) is 0 Å². The first-order chi connectivity index (χ1) is 9.35. The van der Waals surface area contributed by atoms with Crippen LogP contribution in [0.2, 0.25) is 5.02 Å². The fourth-order valence-electron chi connectivity index (χ4n) is 1.61. The molecule has 0 saturated heterocycles. The van der Waals surface area contributed by atoms with Crippen molar-refractivity contribution in [3.05, 3.63) is 23.2 Å². The van der Waals surface area contributed by atoms with Crippen LogP contribution < -0.4 is 5.32 Å². The number of anilines is 1. The molecule has 0 saturated carbocycles. The molecule has 1 rings (SSSR count). The van der Waals surface area contributed by atoms with Gasteiger partial charge < -0.3 is 10.2 Å². The molecule has 1 N–H and O–H groups in total. The third-order valence-electron chi connectivity index (χ3n) is 2.86. The smallest absolute Gasteiger partial charge is 0.321 e. The van der Waals surface area contributed by atoms with Crippen LogP contribution in [0.3, 0.4) is 0 Å². The Morgan fingerprint density at radius 2 is 2.20 bits per heavy atom. The van der Waals surface area contributed by atoms with Crippen LogP contribution in [-0.2, 0) is 10.8 Å². The van der Waals surface area contributed by atoms with E-state index < -0.39 is 10.8 Å². The van der Waals surface area contributed by atoms with Gasteiger partial charge in [0, 0.05) is 46.5 Å². The Morgan fingerprint density at radius 1 is 1.55 bits per heavy atom. The minimum absolute atomic E-state index is 0.0956. The van der Waals surface area contributed by atoms with Crippen LogP contribution >= 0.6 is 23.4 Å². The van der Waals surface area contributed by atoms with E-state index in [1.807, 2.05) is 25.3 Å². The molecule has 112 valence electrons. The second-order valence-corrected chi connectivity index (χ2v) is 7.21. The van der Waals surface area contributed by atoms with Crippen LogP contribution in [-0.4, -0.2) is 46.5 Å². The van der Waals surface area contributed by atoms with Crippen LogP contribution in [0.25, 0.3) is 0 Å². The molecule has 7 heteroatoms. The Balaban J connectivity index is 2.70. The number of nitrogens with one attached hydrogen (secondary N) is 1. The number of rotatable bonds is 5. The van der Waals surface area contributed by atoms with Crippen molar-refractivity contribution in [3.8, 4) is 0 Å². The predicted molar refractivity (Wildman–Crippen MR) is 88.4 cm³/mol. The fraction of sp³-hybridized carbons (Fsp3) is 0.462. The van der Waals surface area contributed by atoms with E-state index >= 15 is 0 Å². The molecule has 0 unspecified atom stereocenters. The lowest BCUT2D eigenvalue weighted by Crippen LogP contribution is -2.40. The normalized spacial score (nSPS) is 13.7. The molecule has 0 aromatic heterocycles. The lowest BCUT2D eigenvalue weighted by Gasteiger charge is -2.24. The highest BCUT2D eigenvalue weighted by Gasteiger charge is 2.17. The van der Waals surface area contributed by atoms with Gasteiger partial charge in [-0.2, -0.15) is 0 Å². The zero-order valence-electron chi connectivity index (χ0n) is 12.0. The van der Waals surface area contributed by atoms with Gasteiger partial charge in [-0.15, -0.1) is 11.8 Å². The number of benzene rings is 1. The maximum atomic E-state index is 12.1. The minimum atomic E-state index is -0.933. The summed E-state index contributed by atoms with van der Waals surface area (Å²) in [5, 5.41) is 3.39. The largest absolute Gasteiger partial charge is 0.324 e. The molecule has 2 atom stereocenters. The monoisotopic (exact) mass is 334 g/mol. The van der Waals surface area contributed by atoms with Crippen LogP contribution in [0, 0.1) is 0 Å². The number of amides is 2. The molecule has 0 aliphatic rings. The molecule has 1 aromatic rings. The summed E-state index contributed by atoms with van der Waals surface area (Å²) in [7, 11) is 0.752. The lowest BCUT2D eigenvalue weighted by atomic mass is 10.3. The van der Waals surface area contributed by atoms with E-state index in [1.165, 1.54) is 4.90 Å². The van der Waals surface area contributed by atoms with E-state index in [2.05, 4.69) is 5.32 Å². The van der Waals surface area contributed by atoms with Crippen LogP contribution in [0.1, 0.15) is 6.92 Å². The summed E-state index contributed by atoms with van der Waals surface area (Å²) < 4.78 is 11.2. The van der Waals surface area contributed by atoms with Gasteiger partial charge in [0.25, 0.3) is 0 Å². The zero-order chi connectivity index (χ0) is 15.3. The SMILES string of the molecule is CSc1ccc(NC(=O)N(C)[C@@H](C)C[S@](C)=O)cc1Cl. The number of hydrogen-bond donors (Lipinski definition) is 1. The van der Waals surface area contributed by atoms with Crippen molar-refractivity contribution < 1.29 is 9.00 Å². The summed E-state index contributed by atoms with van der Waals surface area (Å²) in [6.07, 6.45) is 3.57. The van der Waals surface area contributed by atoms with E-state index in [0.717, 1.165) is 4.90 Å². The topological polar surface area (TPSA) is 49.4 Å². The number of urea groups is 1. The first kappa shape index (κ1) is 17.3. The Morgan fingerprint density at radius 3 is 2.70 bits per heavy atom. The first-order valence-corrected chi connectivity index (χ1v) is 9.35. The Hall–Kier alpha value is -0.720. The van der Waals surface area contributed by atoms with Crippen molar-refractivity contribution in [3.63, 3.8) is 0 Å². The molecule has 0 aliphatic heterocycles. The number of nitrogens with zero attached hydrogens (tertiary/aromatic N) is 1. The molecule has 4 nitrogen and oxygen atoms in total. The molecule has 0 bridgehead atoms. The summed E-state index contributed by atoms with van der Waals surface area (Å²) in [6.45, 7) is 1.87.